The number of benzene rings is 2. The first kappa shape index (κ1) is 23.6. The minimum atomic E-state index is -0.129. The van der Waals surface area contributed by atoms with E-state index in [0.717, 1.165) is 41.8 Å². The number of anilines is 1. The summed E-state index contributed by atoms with van der Waals surface area (Å²) in [6.45, 7) is 3.92. The number of rotatable bonds is 7. The van der Waals surface area contributed by atoms with Gasteiger partial charge in [-0.25, -0.2) is 14.6 Å². The molecule has 4 aromatic rings. The molecule has 9 heteroatoms. The van der Waals surface area contributed by atoms with Crippen LogP contribution in [0.3, 0.4) is 0 Å². The van der Waals surface area contributed by atoms with Gasteiger partial charge in [0.05, 0.1) is 31.2 Å². The molecule has 1 fully saturated rings. The van der Waals surface area contributed by atoms with E-state index in [4.69, 9.17) is 9.47 Å². The molecule has 36 heavy (non-hydrogen) atoms. The normalized spacial score (nSPS) is 15.6. The molecule has 1 amide bonds. The van der Waals surface area contributed by atoms with Crippen molar-refractivity contribution in [1.29, 1.82) is 0 Å². The van der Waals surface area contributed by atoms with Crippen molar-refractivity contribution in [2.45, 2.75) is 26.3 Å². The second-order valence-corrected chi connectivity index (χ2v) is 9.04. The lowest BCUT2D eigenvalue weighted by atomic mass is 9.97. The summed E-state index contributed by atoms with van der Waals surface area (Å²) in [5.74, 6) is 2.03. The van der Waals surface area contributed by atoms with Crippen molar-refractivity contribution < 1.29 is 14.3 Å². The molecule has 1 aliphatic rings. The topological polar surface area (TPSA) is 94.4 Å². The highest BCUT2D eigenvalue weighted by molar-refractivity contribution is 5.87. The van der Waals surface area contributed by atoms with Gasteiger partial charge in [0.2, 0.25) is 5.91 Å². The number of piperidine rings is 1. The number of ether oxygens (including phenoxy) is 2. The molecule has 0 aliphatic carbocycles. The van der Waals surface area contributed by atoms with E-state index in [-0.39, 0.29) is 11.8 Å². The molecule has 0 unspecified atom stereocenters. The highest BCUT2D eigenvalue weighted by Gasteiger charge is 2.28. The van der Waals surface area contributed by atoms with E-state index in [0.29, 0.717) is 30.2 Å². The number of fused-ring (bicyclic) bond motifs is 1. The van der Waals surface area contributed by atoms with E-state index in [1.54, 1.807) is 20.5 Å². The summed E-state index contributed by atoms with van der Waals surface area (Å²) in [5, 5.41) is 8.62. The first-order valence-corrected chi connectivity index (χ1v) is 12.1. The number of nitrogens with one attached hydrogen (secondary N) is 1. The largest absolute Gasteiger partial charge is 0.493 e. The summed E-state index contributed by atoms with van der Waals surface area (Å²) in [5.41, 5.74) is 3.76. The third-order valence-corrected chi connectivity index (χ3v) is 6.60. The van der Waals surface area contributed by atoms with Gasteiger partial charge in [0.25, 0.3) is 0 Å². The predicted molar refractivity (Wildman–Crippen MR) is 138 cm³/mol. The summed E-state index contributed by atoms with van der Waals surface area (Å²) in [4.78, 5) is 24.2. The van der Waals surface area contributed by atoms with Crippen molar-refractivity contribution >= 4 is 22.8 Å². The van der Waals surface area contributed by atoms with Crippen molar-refractivity contribution in [3.63, 3.8) is 0 Å². The number of carbonyl (C=O) groups is 1. The maximum Gasteiger partial charge on any atom is 0.225 e. The Kier molecular flexibility index (Phi) is 6.71. The Hall–Kier alpha value is -4.14. The first-order valence-electron chi connectivity index (χ1n) is 12.1. The van der Waals surface area contributed by atoms with Gasteiger partial charge in [0.15, 0.2) is 17.1 Å². The van der Waals surface area contributed by atoms with Crippen LogP contribution in [0.5, 0.6) is 11.5 Å². The van der Waals surface area contributed by atoms with Crippen LogP contribution in [0.25, 0.3) is 16.7 Å². The molecular weight excluding hydrogens is 456 g/mol. The molecule has 5 rings (SSSR count). The molecule has 0 bridgehead atoms. The molecule has 0 saturated carbocycles. The zero-order chi connectivity index (χ0) is 25.1. The highest BCUT2D eigenvalue weighted by Crippen LogP contribution is 2.29. The number of hydrogen-bond donors (Lipinski definition) is 1. The summed E-state index contributed by atoms with van der Waals surface area (Å²) >= 11 is 0. The smallest absolute Gasteiger partial charge is 0.225 e. The lowest BCUT2D eigenvalue weighted by molar-refractivity contribution is -0.125. The van der Waals surface area contributed by atoms with Crippen LogP contribution in [0, 0.1) is 12.8 Å². The lowest BCUT2D eigenvalue weighted by Crippen LogP contribution is -2.43. The SMILES string of the molecule is COc1ccc(CNC(=O)[C@H]2CCCN(c3ncnc4nn(-c5ccc(C)cc5)cc34)C2)cc1OC. The fourth-order valence-electron chi connectivity index (χ4n) is 4.62. The molecule has 186 valence electrons. The number of aromatic nitrogens is 4. The second kappa shape index (κ2) is 10.2. The predicted octanol–water partition coefficient (Wildman–Crippen LogP) is 3.67. The third kappa shape index (κ3) is 4.82. The Morgan fingerprint density at radius 1 is 1.08 bits per heavy atom. The summed E-state index contributed by atoms with van der Waals surface area (Å²) in [6, 6.07) is 13.9. The van der Waals surface area contributed by atoms with Gasteiger partial charge in [-0.3, -0.25) is 4.79 Å². The van der Waals surface area contributed by atoms with Gasteiger partial charge in [-0.1, -0.05) is 23.8 Å². The lowest BCUT2D eigenvalue weighted by Gasteiger charge is -2.33. The summed E-state index contributed by atoms with van der Waals surface area (Å²) in [6.07, 6.45) is 5.26. The zero-order valence-electron chi connectivity index (χ0n) is 20.8. The number of aryl methyl sites for hydroxylation is 1. The van der Waals surface area contributed by atoms with Crippen LogP contribution in [-0.4, -0.2) is 53.0 Å². The van der Waals surface area contributed by atoms with Crippen LogP contribution in [0.15, 0.2) is 55.0 Å². The second-order valence-electron chi connectivity index (χ2n) is 9.04. The summed E-state index contributed by atoms with van der Waals surface area (Å²) < 4.78 is 12.5. The minimum absolute atomic E-state index is 0.0372. The number of hydrogen-bond acceptors (Lipinski definition) is 7. The first-order chi connectivity index (χ1) is 17.6. The fourth-order valence-corrected chi connectivity index (χ4v) is 4.62. The van der Waals surface area contributed by atoms with Crippen molar-refractivity contribution in [1.82, 2.24) is 25.1 Å². The van der Waals surface area contributed by atoms with Crippen molar-refractivity contribution in [3.8, 4) is 17.2 Å². The average Bonchev–Trinajstić information content (AvgIpc) is 3.36. The van der Waals surface area contributed by atoms with Crippen LogP contribution in [0.1, 0.15) is 24.0 Å². The third-order valence-electron chi connectivity index (χ3n) is 6.60. The maximum absolute atomic E-state index is 13.1. The van der Waals surface area contributed by atoms with Crippen molar-refractivity contribution in [3.05, 3.63) is 66.1 Å². The number of amides is 1. The molecule has 1 N–H and O–H groups in total. The number of methoxy groups -OCH3 is 2. The van der Waals surface area contributed by atoms with Crippen molar-refractivity contribution in [2.75, 3.05) is 32.2 Å². The molecule has 9 nitrogen and oxygen atoms in total. The average molecular weight is 487 g/mol. The molecule has 1 saturated heterocycles. The van der Waals surface area contributed by atoms with Gasteiger partial charge in [-0.2, -0.15) is 0 Å². The van der Waals surface area contributed by atoms with Gasteiger partial charge in [0.1, 0.15) is 12.1 Å². The molecule has 2 aromatic carbocycles. The van der Waals surface area contributed by atoms with E-state index in [1.807, 2.05) is 41.2 Å². The van der Waals surface area contributed by atoms with Gasteiger partial charge >= 0.3 is 0 Å². The minimum Gasteiger partial charge on any atom is -0.493 e. The van der Waals surface area contributed by atoms with Crippen molar-refractivity contribution in [2.24, 2.45) is 5.92 Å². The summed E-state index contributed by atoms with van der Waals surface area (Å²) in [7, 11) is 3.21. The van der Waals surface area contributed by atoms with Crippen LogP contribution in [-0.2, 0) is 11.3 Å². The molecule has 3 heterocycles. The van der Waals surface area contributed by atoms with E-state index in [9.17, 15) is 4.79 Å². The Morgan fingerprint density at radius 2 is 1.89 bits per heavy atom. The van der Waals surface area contributed by atoms with Gasteiger partial charge in [-0.15, -0.1) is 5.10 Å². The van der Waals surface area contributed by atoms with E-state index in [2.05, 4.69) is 44.3 Å². The monoisotopic (exact) mass is 486 g/mol. The van der Waals surface area contributed by atoms with Crippen LogP contribution < -0.4 is 19.7 Å². The number of nitrogens with zero attached hydrogens (tertiary/aromatic N) is 5. The van der Waals surface area contributed by atoms with Crippen LogP contribution in [0.2, 0.25) is 0 Å². The van der Waals surface area contributed by atoms with Gasteiger partial charge in [-0.05, 0) is 49.6 Å². The Morgan fingerprint density at radius 3 is 2.67 bits per heavy atom. The maximum atomic E-state index is 13.1. The molecule has 0 radical (unpaired) electrons. The standard InChI is InChI=1S/C27H30N6O3/c1-18-6-9-21(10-7-18)33-16-22-25(31-33)29-17-30-26(22)32-12-4-5-20(15-32)27(34)28-14-19-8-11-23(35-2)24(13-19)36-3/h6-11,13,16-17,20H,4-5,12,14-15H2,1-3H3,(H,28,34)/t20-/m0/s1. The van der Waals surface area contributed by atoms with E-state index < -0.39 is 0 Å². The highest BCUT2D eigenvalue weighted by atomic mass is 16.5. The van der Waals surface area contributed by atoms with Crippen LogP contribution in [0.4, 0.5) is 5.82 Å². The Balaban J connectivity index is 1.29. The Labute approximate surface area is 210 Å². The van der Waals surface area contributed by atoms with E-state index in [1.165, 1.54) is 5.56 Å². The molecule has 2 aromatic heterocycles. The van der Waals surface area contributed by atoms with E-state index >= 15 is 0 Å². The zero-order valence-corrected chi connectivity index (χ0v) is 20.8. The molecule has 0 spiro atoms. The molecule has 1 atom stereocenters. The van der Waals surface area contributed by atoms with Gasteiger partial charge < -0.3 is 19.7 Å². The quantitative estimate of drug-likeness (QED) is 0.426. The van der Waals surface area contributed by atoms with Crippen LogP contribution >= 0.6 is 0 Å². The Bertz CT molecular complexity index is 1370. The number of carbonyl (C=O) groups excluding carboxylic acids is 1. The molecule has 1 aliphatic heterocycles. The van der Waals surface area contributed by atoms with Gasteiger partial charge in [0, 0.05) is 25.8 Å². The fraction of sp³-hybridized carbons (Fsp3) is 0.333. The molecular formula is C27H30N6O3.